The van der Waals surface area contributed by atoms with Crippen LogP contribution in [0.4, 0.5) is 0 Å². The van der Waals surface area contributed by atoms with Crippen LogP contribution in [-0.4, -0.2) is 100 Å². The molecule has 12 nitrogen and oxygen atoms in total. The first kappa shape index (κ1) is 32.9. The Labute approximate surface area is 273 Å². The zero-order valence-corrected chi connectivity index (χ0v) is 27.4. The first-order valence-electron chi connectivity index (χ1n) is 14.9. The highest BCUT2D eigenvalue weighted by Gasteiger charge is 2.25. The molecule has 246 valence electrons. The van der Waals surface area contributed by atoms with Gasteiger partial charge in [0.05, 0.1) is 53.8 Å². The van der Waals surface area contributed by atoms with Crippen molar-refractivity contribution in [1.82, 2.24) is 19.8 Å². The van der Waals surface area contributed by atoms with Crippen LogP contribution in [-0.2, 0) is 0 Å². The molecule has 0 atom stereocenters. The first-order valence-corrected chi connectivity index (χ1v) is 14.9. The molecule has 2 amide bonds. The van der Waals surface area contributed by atoms with Crippen LogP contribution >= 0.6 is 0 Å². The Balaban J connectivity index is 1.31. The lowest BCUT2D eigenvalue weighted by molar-refractivity contribution is 0.0718. The Morgan fingerprint density at radius 3 is 1.17 bits per heavy atom. The van der Waals surface area contributed by atoms with Gasteiger partial charge in [-0.1, -0.05) is 0 Å². The van der Waals surface area contributed by atoms with Gasteiger partial charge in [-0.05, 0) is 53.9 Å². The molecule has 4 aromatic rings. The number of pyridine rings is 2. The van der Waals surface area contributed by atoms with Crippen LogP contribution in [0.25, 0.3) is 22.3 Å². The molecule has 1 fully saturated rings. The second-order valence-corrected chi connectivity index (χ2v) is 10.7. The summed E-state index contributed by atoms with van der Waals surface area (Å²) in [4.78, 5) is 39.5. The monoisotopic (exact) mass is 642 g/mol. The summed E-state index contributed by atoms with van der Waals surface area (Å²) >= 11 is 0. The van der Waals surface area contributed by atoms with Gasteiger partial charge in [0.2, 0.25) is 11.5 Å². The van der Waals surface area contributed by atoms with Crippen LogP contribution in [0, 0.1) is 0 Å². The van der Waals surface area contributed by atoms with E-state index in [9.17, 15) is 9.59 Å². The van der Waals surface area contributed by atoms with Crippen molar-refractivity contribution >= 4 is 11.8 Å². The van der Waals surface area contributed by atoms with Crippen LogP contribution < -0.4 is 28.4 Å². The standard InChI is InChI=1S/C35H38N4O8/c1-42-28-14-22(15-29(43-2)32(28)46-5)24-12-26(20-36-18-24)34(40)38-8-7-9-39(11-10-38)35(41)27-13-25(19-37-21-27)23-16-30(44-3)33(47-6)31(17-23)45-4/h12-21H,7-11H2,1-6H3. The van der Waals surface area contributed by atoms with Crippen LogP contribution in [0.1, 0.15) is 27.1 Å². The maximum Gasteiger partial charge on any atom is 0.255 e. The summed E-state index contributed by atoms with van der Waals surface area (Å²) < 4.78 is 32.8. The Hall–Kier alpha value is -5.52. The molecule has 0 radical (unpaired) electrons. The summed E-state index contributed by atoms with van der Waals surface area (Å²) in [6, 6.07) is 10.8. The maximum absolute atomic E-state index is 13.7. The highest BCUT2D eigenvalue weighted by Crippen LogP contribution is 2.42. The molecule has 12 heteroatoms. The van der Waals surface area contributed by atoms with E-state index in [2.05, 4.69) is 9.97 Å². The zero-order valence-electron chi connectivity index (χ0n) is 27.4. The number of hydrogen-bond donors (Lipinski definition) is 0. The average Bonchev–Trinajstić information content (AvgIpc) is 3.39. The molecule has 0 aliphatic carbocycles. The quantitative estimate of drug-likeness (QED) is 0.237. The van der Waals surface area contributed by atoms with Crippen molar-refractivity contribution < 1.29 is 38.0 Å². The van der Waals surface area contributed by atoms with Crippen LogP contribution in [0.5, 0.6) is 34.5 Å². The van der Waals surface area contributed by atoms with Gasteiger partial charge in [-0.3, -0.25) is 19.6 Å². The molecule has 2 aromatic carbocycles. The van der Waals surface area contributed by atoms with E-state index >= 15 is 0 Å². The molecule has 5 rings (SSSR count). The van der Waals surface area contributed by atoms with E-state index < -0.39 is 0 Å². The van der Waals surface area contributed by atoms with E-state index in [1.807, 2.05) is 24.3 Å². The second kappa shape index (κ2) is 14.7. The minimum atomic E-state index is -0.160. The molecule has 1 aliphatic rings. The summed E-state index contributed by atoms with van der Waals surface area (Å²) in [6.07, 6.45) is 7.09. The topological polar surface area (TPSA) is 122 Å². The zero-order chi connectivity index (χ0) is 33.5. The fraction of sp³-hybridized carbons (Fsp3) is 0.314. The molecule has 0 unspecified atom stereocenters. The number of hydrogen-bond acceptors (Lipinski definition) is 10. The third-order valence-corrected chi connectivity index (χ3v) is 8.04. The molecule has 0 N–H and O–H groups in total. The fourth-order valence-electron chi connectivity index (χ4n) is 5.61. The van der Waals surface area contributed by atoms with Gasteiger partial charge < -0.3 is 38.2 Å². The summed E-state index contributed by atoms with van der Waals surface area (Å²) in [7, 11) is 9.29. The molecule has 47 heavy (non-hydrogen) atoms. The fourth-order valence-corrected chi connectivity index (χ4v) is 5.61. The first-order chi connectivity index (χ1) is 22.8. The van der Waals surface area contributed by atoms with Gasteiger partial charge in [-0.25, -0.2) is 0 Å². The molecular weight excluding hydrogens is 604 g/mol. The van der Waals surface area contributed by atoms with Crippen LogP contribution in [0.15, 0.2) is 61.2 Å². The number of nitrogens with zero attached hydrogens (tertiary/aromatic N) is 4. The number of methoxy groups -OCH3 is 6. The van der Waals surface area contributed by atoms with Gasteiger partial charge in [0.15, 0.2) is 23.0 Å². The highest BCUT2D eigenvalue weighted by molar-refractivity contribution is 5.96. The number of benzene rings is 2. The Kier molecular flexibility index (Phi) is 10.3. The lowest BCUT2D eigenvalue weighted by atomic mass is 10.0. The van der Waals surface area contributed by atoms with Gasteiger partial charge in [-0.15, -0.1) is 0 Å². The number of ether oxygens (including phenoxy) is 6. The number of aromatic nitrogens is 2. The molecule has 2 aromatic heterocycles. The van der Waals surface area contributed by atoms with Crippen molar-refractivity contribution in [3.8, 4) is 56.8 Å². The SMILES string of the molecule is COc1cc(-c2cncc(C(=O)N3CCCN(C(=O)c4cncc(-c5cc(OC)c(OC)c(OC)c5)c4)CC3)c2)cc(OC)c1OC. The van der Waals surface area contributed by atoms with Crippen molar-refractivity contribution in [3.05, 3.63) is 72.3 Å². The van der Waals surface area contributed by atoms with E-state index in [0.717, 1.165) is 22.3 Å². The highest BCUT2D eigenvalue weighted by atomic mass is 16.5. The predicted molar refractivity (Wildman–Crippen MR) is 175 cm³/mol. The summed E-state index contributed by atoms with van der Waals surface area (Å²) in [6.45, 7) is 1.75. The minimum absolute atomic E-state index is 0.160. The summed E-state index contributed by atoms with van der Waals surface area (Å²) in [5.74, 6) is 2.64. The Bertz CT molecular complexity index is 1580. The molecule has 3 heterocycles. The maximum atomic E-state index is 13.7. The van der Waals surface area contributed by atoms with Crippen molar-refractivity contribution in [2.24, 2.45) is 0 Å². The Morgan fingerprint density at radius 2 is 0.851 bits per heavy atom. The average molecular weight is 643 g/mol. The van der Waals surface area contributed by atoms with Gasteiger partial charge in [0, 0.05) is 62.1 Å². The molecule has 0 spiro atoms. The second-order valence-electron chi connectivity index (χ2n) is 10.7. The summed E-state index contributed by atoms with van der Waals surface area (Å²) in [5.41, 5.74) is 3.85. The van der Waals surface area contributed by atoms with Gasteiger partial charge in [0.1, 0.15) is 0 Å². The molecule has 0 saturated carbocycles. The van der Waals surface area contributed by atoms with Crippen LogP contribution in [0.3, 0.4) is 0 Å². The molecular formula is C35H38N4O8. The lowest BCUT2D eigenvalue weighted by Crippen LogP contribution is -2.37. The van der Waals surface area contributed by atoms with Crippen molar-refractivity contribution in [2.45, 2.75) is 6.42 Å². The van der Waals surface area contributed by atoms with Crippen LogP contribution in [0.2, 0.25) is 0 Å². The van der Waals surface area contributed by atoms with E-state index in [1.54, 1.807) is 89.4 Å². The van der Waals surface area contributed by atoms with Gasteiger partial charge in [-0.2, -0.15) is 0 Å². The third-order valence-electron chi connectivity index (χ3n) is 8.04. The van der Waals surface area contributed by atoms with E-state index in [4.69, 9.17) is 28.4 Å². The van der Waals surface area contributed by atoms with Gasteiger partial charge in [0.25, 0.3) is 11.8 Å². The van der Waals surface area contributed by atoms with Crippen molar-refractivity contribution in [1.29, 1.82) is 0 Å². The van der Waals surface area contributed by atoms with E-state index in [1.165, 1.54) is 0 Å². The number of rotatable bonds is 10. The molecule has 0 bridgehead atoms. The molecule has 1 saturated heterocycles. The number of amides is 2. The lowest BCUT2D eigenvalue weighted by Gasteiger charge is -2.22. The largest absolute Gasteiger partial charge is 0.493 e. The number of carbonyl (C=O) groups excluding carboxylic acids is 2. The Morgan fingerprint density at radius 1 is 0.489 bits per heavy atom. The smallest absolute Gasteiger partial charge is 0.255 e. The minimum Gasteiger partial charge on any atom is -0.493 e. The molecule has 1 aliphatic heterocycles. The third kappa shape index (κ3) is 6.86. The van der Waals surface area contributed by atoms with E-state index in [-0.39, 0.29) is 11.8 Å². The van der Waals surface area contributed by atoms with E-state index in [0.29, 0.717) is 78.2 Å². The predicted octanol–water partition coefficient (Wildman–Crippen LogP) is 4.85. The van der Waals surface area contributed by atoms with Crippen molar-refractivity contribution in [3.63, 3.8) is 0 Å². The van der Waals surface area contributed by atoms with Gasteiger partial charge >= 0.3 is 0 Å². The summed E-state index contributed by atoms with van der Waals surface area (Å²) in [5, 5.41) is 0. The van der Waals surface area contributed by atoms with Crippen molar-refractivity contribution in [2.75, 3.05) is 68.8 Å². The number of carbonyl (C=O) groups is 2. The normalized spacial score (nSPS) is 13.0.